The minimum atomic E-state index is -0.781. The smallest absolute Gasteiger partial charge is 0.266 e. The highest BCUT2D eigenvalue weighted by atomic mass is 16.7. The molecule has 2 aromatic rings. The van der Waals surface area contributed by atoms with Crippen molar-refractivity contribution < 1.29 is 5.03 Å². The van der Waals surface area contributed by atoms with Crippen molar-refractivity contribution in [2.45, 2.75) is 6.92 Å². The molecule has 0 aliphatic carbocycles. The van der Waals surface area contributed by atoms with Crippen LogP contribution in [0.1, 0.15) is 5.56 Å². The van der Waals surface area contributed by atoms with E-state index in [2.05, 4.69) is 9.97 Å². The highest BCUT2D eigenvalue weighted by Gasteiger charge is 2.07. The van der Waals surface area contributed by atoms with E-state index < -0.39 is 10.6 Å². The Balaban J connectivity index is 2.44. The van der Waals surface area contributed by atoms with Gasteiger partial charge >= 0.3 is 0 Å². The predicted octanol–water partition coefficient (Wildman–Crippen LogP) is 1.35. The second kappa shape index (κ2) is 4.66. The molecule has 0 radical (unpaired) electrons. The number of hydrazine groups is 1. The summed E-state index contributed by atoms with van der Waals surface area (Å²) in [4.78, 5) is 27.9. The van der Waals surface area contributed by atoms with Gasteiger partial charge in [-0.1, -0.05) is 35.3 Å². The second-order valence-corrected chi connectivity index (χ2v) is 3.71. The topological polar surface area (TPSA) is 101 Å². The summed E-state index contributed by atoms with van der Waals surface area (Å²) >= 11 is 0. The number of aromatic nitrogens is 2. The van der Waals surface area contributed by atoms with Crippen LogP contribution in [-0.2, 0) is 0 Å². The summed E-state index contributed by atoms with van der Waals surface area (Å²) in [5.74, 6) is -0.192. The summed E-state index contributed by atoms with van der Waals surface area (Å²) in [5, 5.41) is 9.52. The molecule has 0 aliphatic heterocycles. The molecule has 18 heavy (non-hydrogen) atoms. The first kappa shape index (κ1) is 11.8. The van der Waals surface area contributed by atoms with E-state index in [1.807, 2.05) is 24.5 Å². The number of hydrogen-bond acceptors (Lipinski definition) is 4. The molecule has 0 fully saturated rings. The Labute approximate surface area is 102 Å². The van der Waals surface area contributed by atoms with E-state index in [9.17, 15) is 14.9 Å². The van der Waals surface area contributed by atoms with Crippen LogP contribution in [-0.4, -0.2) is 15.0 Å². The number of H-pyrrole nitrogens is 1. The zero-order valence-electron chi connectivity index (χ0n) is 9.51. The zero-order valence-corrected chi connectivity index (χ0v) is 9.51. The molecule has 92 valence electrons. The number of hydrogen-bond donors (Lipinski definition) is 2. The number of aryl methyl sites for hydroxylation is 1. The lowest BCUT2D eigenvalue weighted by Gasteiger charge is -2.02. The molecule has 0 saturated heterocycles. The third-order valence-electron chi connectivity index (χ3n) is 2.29. The Bertz CT molecular complexity index is 633. The molecule has 0 bridgehead atoms. The average Bonchev–Trinajstić information content (AvgIpc) is 2.28. The van der Waals surface area contributed by atoms with Crippen molar-refractivity contribution in [1.82, 2.24) is 9.97 Å². The molecule has 0 spiro atoms. The highest BCUT2D eigenvalue weighted by molar-refractivity contribution is 5.60. The van der Waals surface area contributed by atoms with Gasteiger partial charge in [0.2, 0.25) is 0 Å². The van der Waals surface area contributed by atoms with Crippen LogP contribution in [0, 0.1) is 17.0 Å². The van der Waals surface area contributed by atoms with Crippen LogP contribution in [0.25, 0.3) is 11.3 Å². The first-order chi connectivity index (χ1) is 8.54. The van der Waals surface area contributed by atoms with Gasteiger partial charge in [0.05, 0.1) is 5.69 Å². The number of anilines is 1. The lowest BCUT2D eigenvalue weighted by atomic mass is 10.1. The van der Waals surface area contributed by atoms with Crippen molar-refractivity contribution in [2.24, 2.45) is 0 Å². The third kappa shape index (κ3) is 2.70. The lowest BCUT2D eigenvalue weighted by Crippen LogP contribution is -2.16. The van der Waals surface area contributed by atoms with Crippen LogP contribution in [0.5, 0.6) is 0 Å². The van der Waals surface area contributed by atoms with Crippen LogP contribution >= 0.6 is 0 Å². The van der Waals surface area contributed by atoms with Crippen LogP contribution in [0.3, 0.4) is 0 Å². The fourth-order valence-electron chi connectivity index (χ4n) is 1.47. The van der Waals surface area contributed by atoms with Gasteiger partial charge in [-0.05, 0) is 6.92 Å². The predicted molar refractivity (Wildman–Crippen MR) is 65.6 cm³/mol. The van der Waals surface area contributed by atoms with Crippen molar-refractivity contribution in [1.29, 1.82) is 0 Å². The van der Waals surface area contributed by atoms with Gasteiger partial charge in [-0.3, -0.25) is 9.78 Å². The molecule has 1 heterocycles. The largest absolute Gasteiger partial charge is 0.288 e. The SMILES string of the molecule is Cc1ccc(-c2cc(=O)[nH]c(N[N+](=O)[O-])n2)cc1. The Morgan fingerprint density at radius 1 is 1.33 bits per heavy atom. The molecule has 0 amide bonds. The Morgan fingerprint density at radius 3 is 2.61 bits per heavy atom. The monoisotopic (exact) mass is 246 g/mol. The van der Waals surface area contributed by atoms with E-state index in [0.29, 0.717) is 5.69 Å². The molecule has 0 aliphatic rings. The number of nitrogens with zero attached hydrogens (tertiary/aromatic N) is 2. The minimum Gasteiger partial charge on any atom is -0.288 e. The maximum absolute atomic E-state index is 11.4. The molecule has 7 nitrogen and oxygen atoms in total. The van der Waals surface area contributed by atoms with Gasteiger partial charge in [-0.15, -0.1) is 0 Å². The van der Waals surface area contributed by atoms with Gasteiger partial charge in [0.25, 0.3) is 11.5 Å². The summed E-state index contributed by atoms with van der Waals surface area (Å²) in [5.41, 5.74) is 3.54. The van der Waals surface area contributed by atoms with Crippen LogP contribution in [0.4, 0.5) is 5.95 Å². The van der Waals surface area contributed by atoms with Gasteiger partial charge in [0.15, 0.2) is 5.03 Å². The summed E-state index contributed by atoms with van der Waals surface area (Å²) in [6, 6.07) is 8.63. The number of nitro groups is 1. The van der Waals surface area contributed by atoms with Crippen molar-refractivity contribution in [3.8, 4) is 11.3 Å². The van der Waals surface area contributed by atoms with Crippen molar-refractivity contribution >= 4 is 5.95 Å². The summed E-state index contributed by atoms with van der Waals surface area (Å²) in [6.07, 6.45) is 0. The van der Waals surface area contributed by atoms with E-state index >= 15 is 0 Å². The van der Waals surface area contributed by atoms with Crippen molar-refractivity contribution in [3.63, 3.8) is 0 Å². The number of benzene rings is 1. The molecular weight excluding hydrogens is 236 g/mol. The second-order valence-electron chi connectivity index (χ2n) is 3.71. The molecule has 0 atom stereocenters. The van der Waals surface area contributed by atoms with Crippen molar-refractivity contribution in [3.05, 3.63) is 56.4 Å². The maximum atomic E-state index is 11.4. The fraction of sp³-hybridized carbons (Fsp3) is 0.0909. The zero-order chi connectivity index (χ0) is 13.1. The number of aromatic amines is 1. The molecule has 2 N–H and O–H groups in total. The van der Waals surface area contributed by atoms with Gasteiger partial charge < -0.3 is 0 Å². The molecule has 2 rings (SSSR count). The molecule has 7 heteroatoms. The van der Waals surface area contributed by atoms with Crippen molar-refractivity contribution in [2.75, 3.05) is 5.43 Å². The molecular formula is C11H10N4O3. The Morgan fingerprint density at radius 2 is 2.00 bits per heavy atom. The maximum Gasteiger partial charge on any atom is 0.266 e. The summed E-state index contributed by atoms with van der Waals surface area (Å²) in [6.45, 7) is 1.94. The molecule has 0 saturated carbocycles. The highest BCUT2D eigenvalue weighted by Crippen LogP contribution is 2.16. The van der Waals surface area contributed by atoms with Gasteiger partial charge in [-0.25, -0.2) is 15.1 Å². The number of nitrogens with one attached hydrogen (secondary N) is 2. The molecule has 1 aromatic carbocycles. The molecule has 1 aromatic heterocycles. The van der Waals surface area contributed by atoms with Gasteiger partial charge in [0.1, 0.15) is 0 Å². The van der Waals surface area contributed by atoms with Gasteiger partial charge in [-0.2, -0.15) is 0 Å². The normalized spacial score (nSPS) is 10.1. The van der Waals surface area contributed by atoms with E-state index in [1.54, 1.807) is 12.1 Å². The fourth-order valence-corrected chi connectivity index (χ4v) is 1.47. The van der Waals surface area contributed by atoms with E-state index in [4.69, 9.17) is 0 Å². The average molecular weight is 246 g/mol. The Hall–Kier alpha value is -2.70. The number of rotatable bonds is 3. The third-order valence-corrected chi connectivity index (χ3v) is 2.29. The Kier molecular flexibility index (Phi) is 3.05. The summed E-state index contributed by atoms with van der Waals surface area (Å²) < 4.78 is 0. The first-order valence-corrected chi connectivity index (χ1v) is 5.14. The van der Waals surface area contributed by atoms with Crippen LogP contribution < -0.4 is 11.0 Å². The van der Waals surface area contributed by atoms with E-state index in [1.165, 1.54) is 6.07 Å². The summed E-state index contributed by atoms with van der Waals surface area (Å²) in [7, 11) is 0. The van der Waals surface area contributed by atoms with Crippen LogP contribution in [0.15, 0.2) is 35.1 Å². The first-order valence-electron chi connectivity index (χ1n) is 5.14. The standard InChI is InChI=1S/C11H10N4O3/c1-7-2-4-8(5-3-7)9-6-10(16)13-11(12-9)14-15(17)18/h2-6H,1H3,(H2,12,13,14,16). The lowest BCUT2D eigenvalue weighted by molar-refractivity contribution is -0.446. The minimum absolute atomic E-state index is 0.192. The van der Waals surface area contributed by atoms with Gasteiger partial charge in [0, 0.05) is 11.6 Å². The quantitative estimate of drug-likeness (QED) is 0.628. The molecule has 0 unspecified atom stereocenters. The van der Waals surface area contributed by atoms with E-state index in [-0.39, 0.29) is 5.95 Å². The van der Waals surface area contributed by atoms with Crippen LogP contribution in [0.2, 0.25) is 0 Å². The van der Waals surface area contributed by atoms with E-state index in [0.717, 1.165) is 11.1 Å².